The van der Waals surface area contributed by atoms with E-state index in [1.165, 1.54) is 11.9 Å². The molecule has 1 aliphatic rings. The molecule has 0 saturated heterocycles. The maximum atomic E-state index is 13.9. The maximum absolute atomic E-state index is 13.9. The lowest BCUT2D eigenvalue weighted by atomic mass is 10.0. The first-order valence-electron chi connectivity index (χ1n) is 12.7. The Bertz CT molecular complexity index is 1800. The van der Waals surface area contributed by atoms with E-state index in [2.05, 4.69) is 22.1 Å². The molecule has 0 radical (unpaired) electrons. The normalized spacial score (nSPS) is 13.3. The van der Waals surface area contributed by atoms with Gasteiger partial charge in [-0.05, 0) is 55.2 Å². The predicted molar refractivity (Wildman–Crippen MR) is 148 cm³/mol. The van der Waals surface area contributed by atoms with E-state index >= 15 is 0 Å². The van der Waals surface area contributed by atoms with Gasteiger partial charge in [0.25, 0.3) is 5.56 Å². The number of nitrogens with zero attached hydrogens (tertiary/aromatic N) is 6. The smallest absolute Gasteiger partial charge is 0.262 e. The quantitative estimate of drug-likeness (QED) is 0.351. The third kappa shape index (κ3) is 4.11. The van der Waals surface area contributed by atoms with E-state index in [1.54, 1.807) is 33.5 Å². The van der Waals surface area contributed by atoms with Gasteiger partial charge in [-0.2, -0.15) is 5.10 Å². The lowest BCUT2D eigenvalue weighted by Crippen LogP contribution is -2.28. The number of aromatic hydroxyl groups is 1. The molecule has 1 aliphatic carbocycles. The molecule has 3 N–H and O–H groups in total. The van der Waals surface area contributed by atoms with Crippen molar-refractivity contribution in [1.29, 1.82) is 0 Å². The van der Waals surface area contributed by atoms with Crippen molar-refractivity contribution < 1.29 is 5.11 Å². The van der Waals surface area contributed by atoms with Gasteiger partial charge in [-0.1, -0.05) is 42.9 Å². The molecule has 0 spiro atoms. The second kappa shape index (κ2) is 9.59. The van der Waals surface area contributed by atoms with E-state index in [1.807, 2.05) is 31.2 Å². The number of rotatable bonds is 6. The standard InChI is InChI=1S/C29H27N7O2/c1-2-19-9-6-10-22-24(19)29(38)35(15-18-7-4-3-5-8-18)23(33-22)16-36-28-25(27(30)31-17-32-28)26(34-36)20-11-13-21(37)14-12-20/h3-4,6-7,9-14,17,37H,2,5,8,15-16H2,1H3,(H2,30,31,32). The molecule has 38 heavy (non-hydrogen) atoms. The van der Waals surface area contributed by atoms with Gasteiger partial charge in [-0.15, -0.1) is 0 Å². The first-order chi connectivity index (χ1) is 18.5. The van der Waals surface area contributed by atoms with Gasteiger partial charge in [0.05, 0.1) is 16.3 Å². The minimum Gasteiger partial charge on any atom is -0.508 e. The van der Waals surface area contributed by atoms with Crippen molar-refractivity contribution in [2.45, 2.75) is 39.3 Å². The number of nitrogens with two attached hydrogens (primary N) is 1. The molecule has 0 bridgehead atoms. The number of aryl methyl sites for hydroxylation is 1. The lowest BCUT2D eigenvalue weighted by Gasteiger charge is -2.17. The molecule has 6 rings (SSSR count). The molecular weight excluding hydrogens is 478 g/mol. The monoisotopic (exact) mass is 505 g/mol. The molecule has 3 aromatic heterocycles. The summed E-state index contributed by atoms with van der Waals surface area (Å²) in [5.41, 5.74) is 11.0. The zero-order chi connectivity index (χ0) is 26.2. The molecule has 0 atom stereocenters. The third-order valence-electron chi connectivity index (χ3n) is 6.98. The van der Waals surface area contributed by atoms with E-state index in [-0.39, 0.29) is 17.9 Å². The molecule has 190 valence electrons. The maximum Gasteiger partial charge on any atom is 0.262 e. The van der Waals surface area contributed by atoms with E-state index in [0.29, 0.717) is 45.8 Å². The van der Waals surface area contributed by atoms with Crippen LogP contribution < -0.4 is 11.3 Å². The predicted octanol–water partition coefficient (Wildman–Crippen LogP) is 4.38. The molecule has 0 amide bonds. The first-order valence-corrected chi connectivity index (χ1v) is 12.7. The highest BCUT2D eigenvalue weighted by Crippen LogP contribution is 2.31. The van der Waals surface area contributed by atoms with Crippen LogP contribution in [0.4, 0.5) is 5.82 Å². The van der Waals surface area contributed by atoms with Crippen LogP contribution in [0.1, 0.15) is 31.2 Å². The fraction of sp³-hybridized carbons (Fsp3) is 0.207. The first kappa shape index (κ1) is 23.6. The number of nitrogen functional groups attached to an aromatic ring is 1. The number of aromatic nitrogens is 6. The molecule has 0 fully saturated rings. The second-order valence-corrected chi connectivity index (χ2v) is 9.39. The SMILES string of the molecule is CCc1cccc2nc(Cn3nc(-c4ccc(O)cc4)c4c(N)ncnc43)n(CC3=CC=CCC3)c(=O)c12. The number of phenolic OH excluding ortho intramolecular Hbond substituents is 1. The molecule has 9 heteroatoms. The Kier molecular flexibility index (Phi) is 5.95. The van der Waals surface area contributed by atoms with Crippen molar-refractivity contribution in [2.75, 3.05) is 5.73 Å². The van der Waals surface area contributed by atoms with E-state index < -0.39 is 0 Å². The van der Waals surface area contributed by atoms with Crippen molar-refractivity contribution in [2.24, 2.45) is 0 Å². The van der Waals surface area contributed by atoms with Gasteiger partial charge in [-0.3, -0.25) is 9.36 Å². The van der Waals surface area contributed by atoms with Gasteiger partial charge in [0.15, 0.2) is 5.65 Å². The average Bonchev–Trinajstić information content (AvgIpc) is 3.31. The van der Waals surface area contributed by atoms with E-state index in [9.17, 15) is 9.90 Å². The fourth-order valence-electron chi connectivity index (χ4n) is 5.04. The van der Waals surface area contributed by atoms with Gasteiger partial charge >= 0.3 is 0 Å². The summed E-state index contributed by atoms with van der Waals surface area (Å²) in [7, 11) is 0. The van der Waals surface area contributed by atoms with Gasteiger partial charge in [0.1, 0.15) is 36.0 Å². The van der Waals surface area contributed by atoms with Crippen LogP contribution in [0.5, 0.6) is 5.75 Å². The zero-order valence-electron chi connectivity index (χ0n) is 21.0. The van der Waals surface area contributed by atoms with Crippen molar-refractivity contribution in [3.63, 3.8) is 0 Å². The van der Waals surface area contributed by atoms with Crippen LogP contribution in [0.3, 0.4) is 0 Å². The van der Waals surface area contributed by atoms with Crippen molar-refractivity contribution in [3.05, 3.63) is 94.3 Å². The molecule has 0 unspecified atom stereocenters. The summed E-state index contributed by atoms with van der Waals surface area (Å²) in [6.07, 6.45) is 10.3. The second-order valence-electron chi connectivity index (χ2n) is 9.39. The summed E-state index contributed by atoms with van der Waals surface area (Å²) in [5, 5.41) is 15.9. The van der Waals surface area contributed by atoms with Crippen LogP contribution in [0.15, 0.2) is 77.4 Å². The van der Waals surface area contributed by atoms with Gasteiger partial charge in [0.2, 0.25) is 0 Å². The summed E-state index contributed by atoms with van der Waals surface area (Å²) in [6, 6.07) is 12.6. The van der Waals surface area contributed by atoms with Crippen LogP contribution in [0.2, 0.25) is 0 Å². The Balaban J connectivity index is 1.54. The van der Waals surface area contributed by atoms with Crippen LogP contribution in [-0.2, 0) is 19.5 Å². The summed E-state index contributed by atoms with van der Waals surface area (Å²) in [5.74, 6) is 1.05. The number of allylic oxidation sites excluding steroid dienone is 4. The number of hydrogen-bond donors (Lipinski definition) is 2. The zero-order valence-corrected chi connectivity index (χ0v) is 21.0. The van der Waals surface area contributed by atoms with Crippen LogP contribution in [-0.4, -0.2) is 34.4 Å². The minimum absolute atomic E-state index is 0.0535. The molecule has 2 aromatic carbocycles. The molecule has 0 saturated carbocycles. The van der Waals surface area contributed by atoms with Gasteiger partial charge in [0, 0.05) is 12.1 Å². The third-order valence-corrected chi connectivity index (χ3v) is 6.98. The van der Waals surface area contributed by atoms with Crippen LogP contribution in [0, 0.1) is 0 Å². The minimum atomic E-state index is -0.0535. The van der Waals surface area contributed by atoms with Crippen LogP contribution >= 0.6 is 0 Å². The molecule has 3 heterocycles. The Morgan fingerprint density at radius 1 is 1.05 bits per heavy atom. The number of benzene rings is 2. The Hall–Kier alpha value is -4.79. The largest absolute Gasteiger partial charge is 0.508 e. The number of fused-ring (bicyclic) bond motifs is 2. The molecule has 9 nitrogen and oxygen atoms in total. The van der Waals surface area contributed by atoms with Crippen molar-refractivity contribution >= 4 is 27.8 Å². The summed E-state index contributed by atoms with van der Waals surface area (Å²) < 4.78 is 3.49. The fourth-order valence-corrected chi connectivity index (χ4v) is 5.04. The van der Waals surface area contributed by atoms with E-state index in [4.69, 9.17) is 15.8 Å². The topological polar surface area (TPSA) is 125 Å². The lowest BCUT2D eigenvalue weighted by molar-refractivity contribution is 0.475. The Morgan fingerprint density at radius 2 is 1.89 bits per heavy atom. The molecule has 0 aliphatic heterocycles. The summed E-state index contributed by atoms with van der Waals surface area (Å²) in [4.78, 5) is 27.6. The van der Waals surface area contributed by atoms with Gasteiger partial charge < -0.3 is 10.8 Å². The summed E-state index contributed by atoms with van der Waals surface area (Å²) in [6.45, 7) is 2.72. The average molecular weight is 506 g/mol. The summed E-state index contributed by atoms with van der Waals surface area (Å²) >= 11 is 0. The number of hydrogen-bond acceptors (Lipinski definition) is 7. The van der Waals surface area contributed by atoms with Crippen molar-refractivity contribution in [1.82, 2.24) is 29.3 Å². The molecule has 5 aromatic rings. The highest BCUT2D eigenvalue weighted by atomic mass is 16.3. The van der Waals surface area contributed by atoms with E-state index in [0.717, 1.165) is 30.4 Å². The number of phenols is 1. The highest BCUT2D eigenvalue weighted by Gasteiger charge is 2.21. The Morgan fingerprint density at radius 3 is 2.66 bits per heavy atom. The highest BCUT2D eigenvalue weighted by molar-refractivity contribution is 5.98. The van der Waals surface area contributed by atoms with Crippen LogP contribution in [0.25, 0.3) is 33.2 Å². The molecular formula is C29H27N7O2. The van der Waals surface area contributed by atoms with Crippen molar-refractivity contribution in [3.8, 4) is 17.0 Å². The Labute approximate surface area is 218 Å². The van der Waals surface area contributed by atoms with Gasteiger partial charge in [-0.25, -0.2) is 19.6 Å². The number of anilines is 1.